The van der Waals surface area contributed by atoms with Gasteiger partial charge in [0.2, 0.25) is 0 Å². The molecule has 0 saturated carbocycles. The highest BCUT2D eigenvalue weighted by molar-refractivity contribution is 7.89. The number of para-hydroxylation sites is 2. The number of benzene rings is 4. The van der Waals surface area contributed by atoms with E-state index in [2.05, 4.69) is 4.98 Å². The van der Waals surface area contributed by atoms with Crippen LogP contribution in [-0.2, 0) is 37.4 Å². The molecule has 10 heteroatoms. The summed E-state index contributed by atoms with van der Waals surface area (Å²) in [7, 11) is -3.37. The zero-order chi connectivity index (χ0) is 28.8. The molecule has 0 aliphatic rings. The van der Waals surface area contributed by atoms with Gasteiger partial charge in [-0.2, -0.15) is 8.42 Å². The first-order valence-corrected chi connectivity index (χ1v) is 14.2. The summed E-state index contributed by atoms with van der Waals surface area (Å²) < 4.78 is 37.8. The number of fused-ring (bicyclic) bond motifs is 2. The first kappa shape index (κ1) is 27.8. The van der Waals surface area contributed by atoms with Crippen LogP contribution in [0.5, 0.6) is 5.75 Å². The number of sulfonamides is 1. The second-order valence-corrected chi connectivity index (χ2v) is 10.8. The number of hydrogen-bond acceptors (Lipinski definition) is 8. The molecule has 1 amide bonds. The van der Waals surface area contributed by atoms with Gasteiger partial charge in [0.1, 0.15) is 6.61 Å². The van der Waals surface area contributed by atoms with Gasteiger partial charge in [0.05, 0.1) is 23.0 Å². The summed E-state index contributed by atoms with van der Waals surface area (Å²) in [5.41, 5.74) is 2.78. The number of hydroxylamine groups is 1. The topological polar surface area (TPSA) is 112 Å². The SMILES string of the molecule is CON(C(=O)Oc1c2ccccc2nc2ccccc12)S(=O)(=O)c1ccc(CCC(=O)OCc2ccccc2)cc1. The van der Waals surface area contributed by atoms with E-state index in [0.717, 1.165) is 18.2 Å². The lowest BCUT2D eigenvalue weighted by Crippen LogP contribution is -2.38. The number of aromatic nitrogens is 1. The van der Waals surface area contributed by atoms with Crippen molar-refractivity contribution in [1.82, 2.24) is 9.45 Å². The Bertz CT molecular complexity index is 1750. The molecule has 4 aromatic carbocycles. The van der Waals surface area contributed by atoms with Gasteiger partial charge >= 0.3 is 12.1 Å². The summed E-state index contributed by atoms with van der Waals surface area (Å²) in [5, 5.41) is 1.08. The van der Waals surface area contributed by atoms with E-state index in [4.69, 9.17) is 14.3 Å². The van der Waals surface area contributed by atoms with Gasteiger partial charge in [-0.3, -0.25) is 9.63 Å². The summed E-state index contributed by atoms with van der Waals surface area (Å²) in [6, 6.07) is 29.3. The molecule has 5 rings (SSSR count). The maximum atomic E-state index is 13.3. The lowest BCUT2D eigenvalue weighted by Gasteiger charge is -2.20. The van der Waals surface area contributed by atoms with E-state index in [0.29, 0.717) is 28.2 Å². The minimum absolute atomic E-state index is 0.128. The molecule has 0 spiro atoms. The van der Waals surface area contributed by atoms with Crippen LogP contribution in [-0.4, -0.2) is 37.0 Å². The summed E-state index contributed by atoms with van der Waals surface area (Å²) >= 11 is 0. The van der Waals surface area contributed by atoms with Crippen LogP contribution in [0.3, 0.4) is 0 Å². The maximum absolute atomic E-state index is 13.3. The van der Waals surface area contributed by atoms with Gasteiger partial charge in [-0.05, 0) is 53.9 Å². The third-order valence-electron chi connectivity index (χ3n) is 6.34. The van der Waals surface area contributed by atoms with E-state index in [1.54, 1.807) is 60.7 Å². The quantitative estimate of drug-likeness (QED) is 0.124. The van der Waals surface area contributed by atoms with Gasteiger partial charge in [-0.1, -0.05) is 71.2 Å². The lowest BCUT2D eigenvalue weighted by molar-refractivity contribution is -0.144. The fourth-order valence-electron chi connectivity index (χ4n) is 4.29. The number of rotatable bonds is 9. The molecule has 1 heterocycles. The molecular weight excluding hydrogens is 544 g/mol. The predicted octanol–water partition coefficient (Wildman–Crippen LogP) is 5.82. The van der Waals surface area contributed by atoms with E-state index in [-0.39, 0.29) is 34.1 Å². The Kier molecular flexibility index (Phi) is 8.23. The van der Waals surface area contributed by atoms with Crippen LogP contribution >= 0.6 is 0 Å². The van der Waals surface area contributed by atoms with Crippen LogP contribution in [0.25, 0.3) is 21.8 Å². The Balaban J connectivity index is 1.29. The Morgan fingerprint density at radius 2 is 1.34 bits per heavy atom. The third-order valence-corrected chi connectivity index (χ3v) is 7.95. The standard InChI is InChI=1S/C31H26N2O7S/c1-38-33(31(35)40-30-25-11-5-7-13-27(25)32-28-14-8-6-12-26(28)30)41(36,37)24-18-15-22(16-19-24)17-20-29(34)39-21-23-9-3-2-4-10-23/h2-16,18-19H,17,20-21H2,1H3. The fraction of sp³-hybridized carbons (Fsp3) is 0.129. The van der Waals surface area contributed by atoms with Crippen molar-refractivity contribution in [3.05, 3.63) is 114 Å². The highest BCUT2D eigenvalue weighted by Crippen LogP contribution is 2.33. The number of aryl methyl sites for hydroxylation is 1. The predicted molar refractivity (Wildman–Crippen MR) is 152 cm³/mol. The monoisotopic (exact) mass is 570 g/mol. The lowest BCUT2D eigenvalue weighted by atomic mass is 10.1. The molecule has 41 heavy (non-hydrogen) atoms. The number of esters is 1. The second kappa shape index (κ2) is 12.2. The Labute approximate surface area is 236 Å². The van der Waals surface area contributed by atoms with Crippen molar-refractivity contribution in [1.29, 1.82) is 0 Å². The van der Waals surface area contributed by atoms with Gasteiger partial charge in [0, 0.05) is 17.2 Å². The van der Waals surface area contributed by atoms with E-state index < -0.39 is 16.1 Å². The minimum Gasteiger partial charge on any atom is -0.461 e. The Morgan fingerprint density at radius 1 is 0.756 bits per heavy atom. The highest BCUT2D eigenvalue weighted by Gasteiger charge is 2.33. The second-order valence-electron chi connectivity index (χ2n) is 9.05. The van der Waals surface area contributed by atoms with Crippen molar-refractivity contribution in [3.63, 3.8) is 0 Å². The average molecular weight is 571 g/mol. The van der Waals surface area contributed by atoms with E-state index >= 15 is 0 Å². The van der Waals surface area contributed by atoms with Crippen LogP contribution in [0, 0.1) is 0 Å². The van der Waals surface area contributed by atoms with Crippen molar-refractivity contribution >= 4 is 43.9 Å². The van der Waals surface area contributed by atoms with E-state index in [1.165, 1.54) is 12.1 Å². The molecule has 0 radical (unpaired) electrons. The molecule has 0 unspecified atom stereocenters. The Morgan fingerprint density at radius 3 is 1.95 bits per heavy atom. The average Bonchev–Trinajstić information content (AvgIpc) is 3.00. The number of carbonyl (C=O) groups is 2. The molecule has 5 aromatic rings. The smallest absolute Gasteiger partial charge is 0.454 e. The number of carbonyl (C=O) groups excluding carboxylic acids is 2. The van der Waals surface area contributed by atoms with Gasteiger partial charge in [0.15, 0.2) is 5.75 Å². The Hall–Kier alpha value is -4.80. The molecule has 0 fully saturated rings. The summed E-state index contributed by atoms with van der Waals surface area (Å²) in [6.45, 7) is 0.185. The van der Waals surface area contributed by atoms with Gasteiger partial charge < -0.3 is 9.47 Å². The van der Waals surface area contributed by atoms with Crippen LogP contribution in [0.2, 0.25) is 0 Å². The molecule has 0 aliphatic heterocycles. The molecule has 9 nitrogen and oxygen atoms in total. The summed E-state index contributed by atoms with van der Waals surface area (Å²) in [4.78, 5) is 34.7. The van der Waals surface area contributed by atoms with Crippen LogP contribution in [0.1, 0.15) is 17.5 Å². The molecule has 208 valence electrons. The number of nitrogens with zero attached hydrogens (tertiary/aromatic N) is 2. The zero-order valence-electron chi connectivity index (χ0n) is 22.1. The van der Waals surface area contributed by atoms with E-state index in [1.807, 2.05) is 30.3 Å². The van der Waals surface area contributed by atoms with Crippen molar-refractivity contribution in [2.45, 2.75) is 24.3 Å². The normalized spacial score (nSPS) is 11.3. The number of pyridine rings is 1. The number of hydrogen-bond donors (Lipinski definition) is 0. The number of amides is 1. The van der Waals surface area contributed by atoms with Crippen molar-refractivity contribution in [2.75, 3.05) is 7.11 Å². The molecular formula is C31H26N2O7S. The molecule has 0 atom stereocenters. The van der Waals surface area contributed by atoms with Crippen molar-refractivity contribution < 1.29 is 32.3 Å². The largest absolute Gasteiger partial charge is 0.461 e. The number of ether oxygens (including phenoxy) is 2. The first-order chi connectivity index (χ1) is 19.9. The van der Waals surface area contributed by atoms with Gasteiger partial charge in [-0.25, -0.2) is 9.78 Å². The molecule has 0 N–H and O–H groups in total. The van der Waals surface area contributed by atoms with Gasteiger partial charge in [-0.15, -0.1) is 0 Å². The van der Waals surface area contributed by atoms with Crippen LogP contribution in [0.15, 0.2) is 108 Å². The summed E-state index contributed by atoms with van der Waals surface area (Å²) in [6.07, 6.45) is -0.755. The van der Waals surface area contributed by atoms with Crippen molar-refractivity contribution in [3.8, 4) is 5.75 Å². The molecule has 0 aliphatic carbocycles. The first-order valence-electron chi connectivity index (χ1n) is 12.7. The van der Waals surface area contributed by atoms with Crippen LogP contribution in [0.4, 0.5) is 4.79 Å². The molecule has 0 bridgehead atoms. The zero-order valence-corrected chi connectivity index (χ0v) is 22.9. The highest BCUT2D eigenvalue weighted by atomic mass is 32.2. The fourth-order valence-corrected chi connectivity index (χ4v) is 5.39. The van der Waals surface area contributed by atoms with Crippen molar-refractivity contribution in [2.24, 2.45) is 0 Å². The third kappa shape index (κ3) is 6.19. The van der Waals surface area contributed by atoms with Crippen LogP contribution < -0.4 is 4.74 Å². The molecule has 0 saturated heterocycles. The minimum atomic E-state index is -4.43. The summed E-state index contributed by atoms with van der Waals surface area (Å²) in [5.74, 6) is -0.196. The van der Waals surface area contributed by atoms with Gasteiger partial charge in [0.25, 0.3) is 10.0 Å². The van der Waals surface area contributed by atoms with E-state index in [9.17, 15) is 18.0 Å². The maximum Gasteiger partial charge on any atom is 0.454 e. The molecule has 1 aromatic heterocycles.